The first-order valence-corrected chi connectivity index (χ1v) is 7.05. The molecule has 1 aliphatic heterocycles. The molecule has 0 atom stereocenters. The number of hydrogen-bond donors (Lipinski definition) is 1. The maximum atomic E-state index is 9.21. The third-order valence-electron chi connectivity index (χ3n) is 3.73. The summed E-state index contributed by atoms with van der Waals surface area (Å²) in [5, 5.41) is 21.0. The van der Waals surface area contributed by atoms with Crippen molar-refractivity contribution in [2.24, 2.45) is 0 Å². The molecule has 6 heteroatoms. The van der Waals surface area contributed by atoms with E-state index in [0.717, 1.165) is 31.0 Å². The highest BCUT2D eigenvalue weighted by atomic mass is 16.5. The van der Waals surface area contributed by atoms with Crippen molar-refractivity contribution in [3.05, 3.63) is 35.4 Å². The molecule has 2 aromatic rings. The molecule has 1 aliphatic rings. The second-order valence-electron chi connectivity index (χ2n) is 4.99. The number of rotatable bonds is 4. The molecule has 0 bridgehead atoms. The molecular weight excluding hydrogens is 266 g/mol. The largest absolute Gasteiger partial charge is 0.495 e. The van der Waals surface area contributed by atoms with Crippen LogP contribution in [-0.4, -0.2) is 21.9 Å². The molecule has 1 aromatic carbocycles. The van der Waals surface area contributed by atoms with E-state index in [-0.39, 0.29) is 0 Å². The zero-order chi connectivity index (χ0) is 14.7. The maximum Gasteiger partial charge on any atom is 0.152 e. The van der Waals surface area contributed by atoms with E-state index in [1.54, 1.807) is 13.2 Å². The van der Waals surface area contributed by atoms with Gasteiger partial charge in [0.15, 0.2) is 5.82 Å². The Morgan fingerprint density at radius 1 is 1.38 bits per heavy atom. The lowest BCUT2D eigenvalue weighted by Gasteiger charge is -2.16. The Kier molecular flexibility index (Phi) is 3.73. The minimum Gasteiger partial charge on any atom is -0.495 e. The second kappa shape index (κ2) is 5.83. The fraction of sp³-hybridized carbons (Fsp3) is 0.400. The number of aryl methyl sites for hydroxylation is 1. The molecule has 0 radical (unpaired) electrons. The van der Waals surface area contributed by atoms with Crippen molar-refractivity contribution in [2.75, 3.05) is 12.4 Å². The lowest BCUT2D eigenvalue weighted by molar-refractivity contribution is 0.416. The van der Waals surface area contributed by atoms with Crippen molar-refractivity contribution in [2.45, 2.75) is 32.4 Å². The Morgan fingerprint density at radius 3 is 3.10 bits per heavy atom. The van der Waals surface area contributed by atoms with Crippen molar-refractivity contribution in [1.82, 2.24) is 14.8 Å². The smallest absolute Gasteiger partial charge is 0.152 e. The number of aromatic nitrogens is 3. The first-order valence-electron chi connectivity index (χ1n) is 7.05. The number of hydrogen-bond acceptors (Lipinski definition) is 5. The highest BCUT2D eigenvalue weighted by Gasteiger charge is 2.16. The van der Waals surface area contributed by atoms with Crippen molar-refractivity contribution in [1.29, 1.82) is 5.26 Å². The molecule has 0 saturated heterocycles. The van der Waals surface area contributed by atoms with Crippen molar-refractivity contribution in [3.63, 3.8) is 0 Å². The summed E-state index contributed by atoms with van der Waals surface area (Å²) in [6, 6.07) is 7.59. The van der Waals surface area contributed by atoms with Gasteiger partial charge >= 0.3 is 0 Å². The van der Waals surface area contributed by atoms with Crippen LogP contribution in [0.15, 0.2) is 18.2 Å². The summed E-state index contributed by atoms with van der Waals surface area (Å²) >= 11 is 0. The molecule has 3 rings (SSSR count). The molecule has 0 amide bonds. The van der Waals surface area contributed by atoms with Gasteiger partial charge in [0.2, 0.25) is 0 Å². The van der Waals surface area contributed by atoms with Crippen LogP contribution < -0.4 is 10.1 Å². The Morgan fingerprint density at radius 2 is 2.29 bits per heavy atom. The Hall–Kier alpha value is -2.55. The van der Waals surface area contributed by atoms with Gasteiger partial charge in [-0.15, -0.1) is 10.2 Å². The van der Waals surface area contributed by atoms with E-state index < -0.39 is 0 Å². The summed E-state index contributed by atoms with van der Waals surface area (Å²) in [7, 11) is 1.60. The normalized spacial score (nSPS) is 13.3. The van der Waals surface area contributed by atoms with Crippen LogP contribution in [0.2, 0.25) is 0 Å². The molecule has 0 saturated carbocycles. The van der Waals surface area contributed by atoms with Gasteiger partial charge < -0.3 is 14.6 Å². The van der Waals surface area contributed by atoms with Crippen LogP contribution >= 0.6 is 0 Å². The highest BCUT2D eigenvalue weighted by molar-refractivity contribution is 5.66. The van der Waals surface area contributed by atoms with Gasteiger partial charge in [0.05, 0.1) is 24.9 Å². The van der Waals surface area contributed by atoms with E-state index in [9.17, 15) is 5.26 Å². The lowest BCUT2D eigenvalue weighted by Crippen LogP contribution is -2.15. The van der Waals surface area contributed by atoms with Gasteiger partial charge in [-0.3, -0.25) is 0 Å². The van der Waals surface area contributed by atoms with Crippen LogP contribution in [-0.2, 0) is 19.5 Å². The predicted octanol–water partition coefficient (Wildman–Crippen LogP) is 2.11. The summed E-state index contributed by atoms with van der Waals surface area (Å²) < 4.78 is 7.48. The Labute approximate surface area is 123 Å². The van der Waals surface area contributed by atoms with Gasteiger partial charge in [0.25, 0.3) is 0 Å². The quantitative estimate of drug-likeness (QED) is 0.930. The van der Waals surface area contributed by atoms with Crippen LogP contribution in [0.5, 0.6) is 5.75 Å². The zero-order valence-corrected chi connectivity index (χ0v) is 12.0. The molecule has 0 aliphatic carbocycles. The van der Waals surface area contributed by atoms with Crippen LogP contribution in [0.25, 0.3) is 0 Å². The van der Waals surface area contributed by atoms with Gasteiger partial charge in [-0.1, -0.05) is 6.07 Å². The summed E-state index contributed by atoms with van der Waals surface area (Å²) in [5.41, 5.74) is 1.27. The van der Waals surface area contributed by atoms with Crippen LogP contribution in [0.4, 0.5) is 5.69 Å². The standard InChI is InChI=1S/C15H17N5O/c1-21-12-6-4-5-11(9-16)15(12)17-10-14-19-18-13-7-2-3-8-20(13)14/h4-6,17H,2-3,7-8,10H2,1H3. The van der Waals surface area contributed by atoms with Crippen LogP contribution in [0.1, 0.15) is 30.1 Å². The number of nitrogens with one attached hydrogen (secondary N) is 1. The van der Waals surface area contributed by atoms with E-state index in [1.807, 2.05) is 12.1 Å². The van der Waals surface area contributed by atoms with E-state index in [0.29, 0.717) is 23.5 Å². The second-order valence-corrected chi connectivity index (χ2v) is 4.99. The van der Waals surface area contributed by atoms with E-state index >= 15 is 0 Å². The molecule has 6 nitrogen and oxygen atoms in total. The molecule has 0 spiro atoms. The highest BCUT2D eigenvalue weighted by Crippen LogP contribution is 2.28. The van der Waals surface area contributed by atoms with Crippen LogP contribution in [0.3, 0.4) is 0 Å². The molecule has 0 fully saturated rings. The van der Waals surface area contributed by atoms with Crippen LogP contribution in [0, 0.1) is 11.3 Å². The predicted molar refractivity (Wildman–Crippen MR) is 78.0 cm³/mol. The SMILES string of the molecule is COc1cccc(C#N)c1NCc1nnc2n1CCCC2. The van der Waals surface area contributed by atoms with E-state index in [2.05, 4.69) is 26.2 Å². The average molecular weight is 283 g/mol. The third kappa shape index (κ3) is 2.55. The van der Waals surface area contributed by atoms with E-state index in [4.69, 9.17) is 4.74 Å². The van der Waals surface area contributed by atoms with Gasteiger partial charge in [-0.2, -0.15) is 5.26 Å². The zero-order valence-electron chi connectivity index (χ0n) is 12.0. The molecule has 108 valence electrons. The summed E-state index contributed by atoms with van der Waals surface area (Å²) in [6.45, 7) is 1.50. The van der Waals surface area contributed by atoms with E-state index in [1.165, 1.54) is 6.42 Å². The first-order chi connectivity index (χ1) is 10.3. The van der Waals surface area contributed by atoms with Crippen molar-refractivity contribution < 1.29 is 4.74 Å². The minimum absolute atomic E-state index is 0.530. The number of para-hydroxylation sites is 1. The number of methoxy groups -OCH3 is 1. The fourth-order valence-electron chi connectivity index (χ4n) is 2.64. The number of benzene rings is 1. The van der Waals surface area contributed by atoms with Gasteiger partial charge in [-0.05, 0) is 25.0 Å². The van der Waals surface area contributed by atoms with Gasteiger partial charge in [0.1, 0.15) is 17.6 Å². The number of fused-ring (bicyclic) bond motifs is 1. The van der Waals surface area contributed by atoms with Crippen molar-refractivity contribution in [3.8, 4) is 11.8 Å². The van der Waals surface area contributed by atoms with Crippen molar-refractivity contribution >= 4 is 5.69 Å². The monoisotopic (exact) mass is 283 g/mol. The molecule has 1 aromatic heterocycles. The lowest BCUT2D eigenvalue weighted by atomic mass is 10.1. The fourth-order valence-corrected chi connectivity index (χ4v) is 2.64. The Balaban J connectivity index is 1.82. The summed E-state index contributed by atoms with van der Waals surface area (Å²) in [4.78, 5) is 0. The van der Waals surface area contributed by atoms with Gasteiger partial charge in [0, 0.05) is 13.0 Å². The molecule has 2 heterocycles. The number of ether oxygens (including phenoxy) is 1. The van der Waals surface area contributed by atoms with Gasteiger partial charge in [-0.25, -0.2) is 0 Å². The topological polar surface area (TPSA) is 75.8 Å². The third-order valence-corrected chi connectivity index (χ3v) is 3.73. The molecule has 0 unspecified atom stereocenters. The summed E-state index contributed by atoms with van der Waals surface area (Å²) in [5.74, 6) is 2.62. The number of nitriles is 1. The number of anilines is 1. The Bertz CT molecular complexity index is 686. The number of nitrogens with zero attached hydrogens (tertiary/aromatic N) is 4. The first kappa shape index (κ1) is 13.4. The molecule has 1 N–H and O–H groups in total. The average Bonchev–Trinajstić information content (AvgIpc) is 2.95. The summed E-state index contributed by atoms with van der Waals surface area (Å²) in [6.07, 6.45) is 3.33. The maximum absolute atomic E-state index is 9.21. The minimum atomic E-state index is 0.530. The molecule has 21 heavy (non-hydrogen) atoms. The molecular formula is C15H17N5O.